The Hall–Kier alpha value is -2.37. The molecule has 1 aliphatic carbocycles. The first-order chi connectivity index (χ1) is 10.1. The van der Waals surface area contributed by atoms with E-state index in [1.54, 1.807) is 18.3 Å². The Labute approximate surface area is 121 Å². The van der Waals surface area contributed by atoms with Crippen LogP contribution in [0.25, 0.3) is 0 Å². The molecular weight excluding hydrogens is 269 g/mol. The van der Waals surface area contributed by atoms with Crippen LogP contribution in [0, 0.1) is 11.7 Å². The lowest BCUT2D eigenvalue weighted by molar-refractivity contribution is 0.393. The second-order valence-corrected chi connectivity index (χ2v) is 5.76. The molecule has 1 fully saturated rings. The Morgan fingerprint density at radius 3 is 2.81 bits per heavy atom. The Balaban J connectivity index is 2.03. The van der Waals surface area contributed by atoms with Crippen LogP contribution in [0.5, 0.6) is 0 Å². The van der Waals surface area contributed by atoms with Crippen LogP contribution in [0.3, 0.4) is 0 Å². The highest BCUT2D eigenvalue weighted by molar-refractivity contribution is 5.82. The van der Waals surface area contributed by atoms with Crippen molar-refractivity contribution >= 4 is 11.5 Å². The van der Waals surface area contributed by atoms with Gasteiger partial charge in [0.15, 0.2) is 0 Å². The van der Waals surface area contributed by atoms with Crippen LogP contribution in [0.2, 0.25) is 0 Å². The molecule has 0 spiro atoms. The number of benzene rings is 1. The molecule has 1 saturated carbocycles. The fourth-order valence-electron chi connectivity index (χ4n) is 3.31. The van der Waals surface area contributed by atoms with Crippen molar-refractivity contribution in [2.24, 2.45) is 16.6 Å². The molecule has 4 rings (SSSR count). The van der Waals surface area contributed by atoms with Crippen LogP contribution in [0.4, 0.5) is 10.1 Å². The number of halogens is 1. The van der Waals surface area contributed by atoms with Crippen molar-refractivity contribution in [2.75, 3.05) is 5.73 Å². The summed E-state index contributed by atoms with van der Waals surface area (Å²) in [6.07, 6.45) is 3.71. The minimum Gasteiger partial charge on any atom is -0.399 e. The summed E-state index contributed by atoms with van der Waals surface area (Å²) in [4.78, 5) is 4.70. The number of amidine groups is 1. The third-order valence-corrected chi connectivity index (χ3v) is 4.31. The molecule has 21 heavy (non-hydrogen) atoms. The van der Waals surface area contributed by atoms with E-state index in [0.717, 1.165) is 18.5 Å². The molecule has 1 aliphatic heterocycles. The number of hydrogen-bond donors (Lipinski definition) is 2. The monoisotopic (exact) mass is 285 g/mol. The fraction of sp³-hybridized carbons (Fsp3) is 0.333. The van der Waals surface area contributed by atoms with Gasteiger partial charge in [0.1, 0.15) is 17.2 Å². The van der Waals surface area contributed by atoms with Gasteiger partial charge in [0.25, 0.3) is 0 Å². The summed E-state index contributed by atoms with van der Waals surface area (Å²) in [5, 5.41) is 4.29. The molecule has 6 heteroatoms. The highest BCUT2D eigenvalue weighted by Gasteiger charge is 2.52. The van der Waals surface area contributed by atoms with E-state index in [4.69, 9.17) is 16.5 Å². The molecular formula is C15H16FN5. The molecule has 1 aromatic heterocycles. The maximum absolute atomic E-state index is 14.5. The van der Waals surface area contributed by atoms with Gasteiger partial charge >= 0.3 is 0 Å². The van der Waals surface area contributed by atoms with Crippen molar-refractivity contribution in [3.05, 3.63) is 47.5 Å². The molecule has 4 N–H and O–H groups in total. The summed E-state index contributed by atoms with van der Waals surface area (Å²) in [5.74, 6) is 0.408. The molecule has 0 saturated heterocycles. The van der Waals surface area contributed by atoms with E-state index in [1.165, 1.54) is 6.07 Å². The maximum Gasteiger partial charge on any atom is 0.135 e. The van der Waals surface area contributed by atoms with E-state index in [0.29, 0.717) is 23.6 Å². The summed E-state index contributed by atoms with van der Waals surface area (Å²) in [5.41, 5.74) is 13.0. The first-order valence-corrected chi connectivity index (χ1v) is 7.03. The fourth-order valence-corrected chi connectivity index (χ4v) is 3.31. The summed E-state index contributed by atoms with van der Waals surface area (Å²) in [6.45, 7) is 0.445. The molecule has 5 nitrogen and oxygen atoms in total. The van der Waals surface area contributed by atoms with E-state index >= 15 is 0 Å². The predicted octanol–water partition coefficient (Wildman–Crippen LogP) is 1.63. The summed E-state index contributed by atoms with van der Waals surface area (Å²) in [7, 11) is 0. The third-order valence-electron chi connectivity index (χ3n) is 4.31. The highest BCUT2D eigenvalue weighted by Crippen LogP contribution is 2.54. The van der Waals surface area contributed by atoms with Crippen molar-refractivity contribution in [3.63, 3.8) is 0 Å². The predicted molar refractivity (Wildman–Crippen MR) is 78.2 cm³/mol. The van der Waals surface area contributed by atoms with E-state index < -0.39 is 5.54 Å². The van der Waals surface area contributed by atoms with Crippen LogP contribution in [0.15, 0.2) is 35.5 Å². The lowest BCUT2D eigenvalue weighted by Crippen LogP contribution is -2.41. The normalized spacial score (nSPS) is 24.5. The average molecular weight is 285 g/mol. The number of anilines is 1. The molecule has 2 aliphatic rings. The molecule has 0 radical (unpaired) electrons. The van der Waals surface area contributed by atoms with Crippen LogP contribution in [0.1, 0.15) is 24.1 Å². The Morgan fingerprint density at radius 2 is 2.05 bits per heavy atom. The molecule has 1 aromatic carbocycles. The summed E-state index contributed by atoms with van der Waals surface area (Å²) >= 11 is 0. The van der Waals surface area contributed by atoms with Crippen molar-refractivity contribution in [2.45, 2.75) is 24.9 Å². The minimum absolute atomic E-state index is 0.239. The molecule has 0 unspecified atom stereocenters. The van der Waals surface area contributed by atoms with E-state index in [-0.39, 0.29) is 11.7 Å². The van der Waals surface area contributed by atoms with Crippen LogP contribution in [-0.2, 0) is 12.1 Å². The Bertz CT molecular complexity index is 746. The number of aliphatic imine (C=N–C) groups is 1. The van der Waals surface area contributed by atoms with Crippen LogP contribution >= 0.6 is 0 Å². The Morgan fingerprint density at radius 1 is 1.24 bits per heavy atom. The molecule has 0 bridgehead atoms. The average Bonchev–Trinajstić information content (AvgIpc) is 3.20. The van der Waals surface area contributed by atoms with Crippen molar-refractivity contribution < 1.29 is 4.39 Å². The zero-order valence-corrected chi connectivity index (χ0v) is 11.5. The minimum atomic E-state index is -0.793. The van der Waals surface area contributed by atoms with Gasteiger partial charge in [-0.1, -0.05) is 0 Å². The number of nitrogens with zero attached hydrogens (tertiary/aromatic N) is 3. The van der Waals surface area contributed by atoms with Gasteiger partial charge in [-0.05, 0) is 43.0 Å². The molecule has 1 atom stereocenters. The highest BCUT2D eigenvalue weighted by atomic mass is 19.1. The molecule has 108 valence electrons. The number of hydrogen-bond acceptors (Lipinski definition) is 4. The van der Waals surface area contributed by atoms with Gasteiger partial charge in [-0.2, -0.15) is 5.10 Å². The van der Waals surface area contributed by atoms with Gasteiger partial charge in [0, 0.05) is 17.4 Å². The molecule has 2 heterocycles. The van der Waals surface area contributed by atoms with Crippen molar-refractivity contribution in [1.82, 2.24) is 9.78 Å². The molecule has 2 aromatic rings. The van der Waals surface area contributed by atoms with Crippen LogP contribution in [-0.4, -0.2) is 15.6 Å². The first kappa shape index (κ1) is 12.4. The number of nitrogens with two attached hydrogens (primary N) is 2. The van der Waals surface area contributed by atoms with Gasteiger partial charge < -0.3 is 11.5 Å². The van der Waals surface area contributed by atoms with Gasteiger partial charge in [-0.3, -0.25) is 9.67 Å². The SMILES string of the molecule is NC1=N[C@@](c2cc(N)ccc2F)(C2CC2)c2ccnn2C1. The quantitative estimate of drug-likeness (QED) is 0.823. The van der Waals surface area contributed by atoms with Gasteiger partial charge in [-0.15, -0.1) is 0 Å². The van der Waals surface area contributed by atoms with Crippen LogP contribution < -0.4 is 11.5 Å². The smallest absolute Gasteiger partial charge is 0.135 e. The summed E-state index contributed by atoms with van der Waals surface area (Å²) < 4.78 is 16.3. The van der Waals surface area contributed by atoms with E-state index in [2.05, 4.69) is 5.10 Å². The number of aromatic nitrogens is 2. The standard InChI is InChI=1S/C15H16FN5/c16-12-4-3-10(17)7-11(12)15(9-1-2-9)13-5-6-19-21(13)8-14(18)20-15/h3-7,9H,1-2,8,17H2,(H2,18,20)/t15-/m1/s1. The molecule has 0 amide bonds. The maximum atomic E-state index is 14.5. The van der Waals surface area contributed by atoms with Gasteiger partial charge in [0.2, 0.25) is 0 Å². The zero-order chi connectivity index (χ0) is 14.6. The number of nitrogen functional groups attached to an aromatic ring is 1. The largest absolute Gasteiger partial charge is 0.399 e. The number of rotatable bonds is 2. The van der Waals surface area contributed by atoms with Crippen molar-refractivity contribution in [1.29, 1.82) is 0 Å². The Kier molecular flexibility index (Phi) is 2.40. The second-order valence-electron chi connectivity index (χ2n) is 5.76. The first-order valence-electron chi connectivity index (χ1n) is 7.03. The van der Waals surface area contributed by atoms with E-state index in [1.807, 2.05) is 10.7 Å². The third kappa shape index (κ3) is 1.68. The lowest BCUT2D eigenvalue weighted by Gasteiger charge is -2.35. The van der Waals surface area contributed by atoms with Gasteiger partial charge in [0.05, 0.1) is 12.2 Å². The van der Waals surface area contributed by atoms with Crippen molar-refractivity contribution in [3.8, 4) is 0 Å². The second kappa shape index (κ2) is 4.07. The van der Waals surface area contributed by atoms with E-state index in [9.17, 15) is 4.39 Å². The topological polar surface area (TPSA) is 82.2 Å². The lowest BCUT2D eigenvalue weighted by atomic mass is 9.81. The van der Waals surface area contributed by atoms with Gasteiger partial charge in [-0.25, -0.2) is 4.39 Å². The summed E-state index contributed by atoms with van der Waals surface area (Å²) in [6, 6.07) is 6.53. The zero-order valence-electron chi connectivity index (χ0n) is 11.5. The number of fused-ring (bicyclic) bond motifs is 1.